The summed E-state index contributed by atoms with van der Waals surface area (Å²) in [6.45, 7) is 4.07. The van der Waals surface area contributed by atoms with Crippen LogP contribution in [0.15, 0.2) is 18.2 Å². The number of hydrogen-bond acceptors (Lipinski definition) is 2. The highest BCUT2D eigenvalue weighted by molar-refractivity contribution is 5.91. The number of amides is 1. The van der Waals surface area contributed by atoms with Gasteiger partial charge in [0.15, 0.2) is 0 Å². The summed E-state index contributed by atoms with van der Waals surface area (Å²) >= 11 is 0. The number of benzene rings is 1. The molecule has 0 saturated heterocycles. The quantitative estimate of drug-likeness (QED) is 0.895. The lowest BCUT2D eigenvalue weighted by Crippen LogP contribution is -2.28. The lowest BCUT2D eigenvalue weighted by molar-refractivity contribution is -0.117. The average Bonchev–Trinajstić information content (AvgIpc) is 2.62. The van der Waals surface area contributed by atoms with Gasteiger partial charge in [0, 0.05) is 18.2 Å². The Morgan fingerprint density at radius 1 is 1.26 bits per heavy atom. The van der Waals surface area contributed by atoms with Gasteiger partial charge >= 0.3 is 0 Å². The van der Waals surface area contributed by atoms with Crippen molar-refractivity contribution in [1.29, 1.82) is 0 Å². The van der Waals surface area contributed by atoms with Gasteiger partial charge in [0.1, 0.15) is 0 Å². The minimum absolute atomic E-state index is 0. The number of anilines is 1. The Morgan fingerprint density at radius 3 is 2.42 bits per heavy atom. The Morgan fingerprint density at radius 2 is 1.89 bits per heavy atom. The summed E-state index contributed by atoms with van der Waals surface area (Å²) in [5, 5.41) is 2.98. The van der Waals surface area contributed by atoms with Crippen LogP contribution in [0.1, 0.15) is 36.8 Å². The minimum atomic E-state index is 0. The fourth-order valence-electron chi connectivity index (χ4n) is 2.82. The van der Waals surface area contributed by atoms with Gasteiger partial charge in [-0.2, -0.15) is 0 Å². The van der Waals surface area contributed by atoms with E-state index in [1.54, 1.807) is 0 Å². The normalized spacial score (nSPS) is 21.8. The highest BCUT2D eigenvalue weighted by Crippen LogP contribution is 2.27. The molecule has 0 spiro atoms. The van der Waals surface area contributed by atoms with Crippen LogP contribution < -0.4 is 11.1 Å². The second kappa shape index (κ2) is 6.92. The SMILES string of the molecule is Cc1cc(C)cc(NC(=O)C[C@@H]2CCC[C@H]2N)c1.Cl. The molecule has 1 aliphatic rings. The highest BCUT2D eigenvalue weighted by Gasteiger charge is 2.25. The maximum Gasteiger partial charge on any atom is 0.224 e. The number of rotatable bonds is 3. The molecule has 1 aromatic carbocycles. The standard InChI is InChI=1S/C15H22N2O.ClH/c1-10-6-11(2)8-13(7-10)17-15(18)9-12-4-3-5-14(12)16;/h6-8,12,14H,3-5,9,16H2,1-2H3,(H,17,18);1H/t12-,14+;/m0./s1. The number of nitrogens with two attached hydrogens (primary N) is 1. The molecular weight excluding hydrogens is 260 g/mol. The van der Waals surface area contributed by atoms with E-state index in [9.17, 15) is 4.79 Å². The van der Waals surface area contributed by atoms with Crippen LogP contribution in [0.4, 0.5) is 5.69 Å². The van der Waals surface area contributed by atoms with Crippen molar-refractivity contribution in [3.63, 3.8) is 0 Å². The van der Waals surface area contributed by atoms with E-state index in [0.29, 0.717) is 12.3 Å². The number of carbonyl (C=O) groups is 1. The number of nitrogens with one attached hydrogen (secondary N) is 1. The number of hydrogen-bond donors (Lipinski definition) is 2. The molecule has 106 valence electrons. The van der Waals surface area contributed by atoms with Crippen LogP contribution in [-0.2, 0) is 4.79 Å². The van der Waals surface area contributed by atoms with Gasteiger partial charge in [0.25, 0.3) is 0 Å². The van der Waals surface area contributed by atoms with Crippen molar-refractivity contribution in [2.75, 3.05) is 5.32 Å². The van der Waals surface area contributed by atoms with E-state index in [2.05, 4.69) is 11.4 Å². The zero-order valence-corrected chi connectivity index (χ0v) is 12.4. The van der Waals surface area contributed by atoms with Crippen molar-refractivity contribution >= 4 is 24.0 Å². The zero-order valence-electron chi connectivity index (χ0n) is 11.6. The predicted octanol–water partition coefficient (Wildman–Crippen LogP) is 3.18. The number of carbonyl (C=O) groups excluding carboxylic acids is 1. The van der Waals surface area contributed by atoms with Crippen LogP contribution in [0.3, 0.4) is 0 Å². The van der Waals surface area contributed by atoms with E-state index in [1.165, 1.54) is 11.1 Å². The van der Waals surface area contributed by atoms with Gasteiger partial charge in [-0.3, -0.25) is 4.79 Å². The first-order valence-corrected chi connectivity index (χ1v) is 6.68. The van der Waals surface area contributed by atoms with E-state index in [1.807, 2.05) is 26.0 Å². The number of aryl methyl sites for hydroxylation is 2. The third-order valence-corrected chi connectivity index (χ3v) is 3.67. The van der Waals surface area contributed by atoms with Crippen LogP contribution in [0, 0.1) is 19.8 Å². The van der Waals surface area contributed by atoms with Gasteiger partial charge in [-0.15, -0.1) is 12.4 Å². The Bertz CT molecular complexity index is 428. The Hall–Kier alpha value is -1.06. The third kappa shape index (κ3) is 4.51. The van der Waals surface area contributed by atoms with Crippen molar-refractivity contribution in [3.8, 4) is 0 Å². The molecule has 2 rings (SSSR count). The molecule has 0 bridgehead atoms. The molecule has 0 aromatic heterocycles. The summed E-state index contributed by atoms with van der Waals surface area (Å²) in [4.78, 5) is 12.0. The fourth-order valence-corrected chi connectivity index (χ4v) is 2.82. The van der Waals surface area contributed by atoms with E-state index in [0.717, 1.165) is 24.9 Å². The smallest absolute Gasteiger partial charge is 0.224 e. The van der Waals surface area contributed by atoms with Crippen LogP contribution in [0.2, 0.25) is 0 Å². The van der Waals surface area contributed by atoms with Gasteiger partial charge in [-0.05, 0) is 55.9 Å². The monoisotopic (exact) mass is 282 g/mol. The molecular formula is C15H23ClN2O. The summed E-state index contributed by atoms with van der Waals surface area (Å²) in [5.41, 5.74) is 9.22. The first kappa shape index (κ1) is 16.0. The zero-order chi connectivity index (χ0) is 13.1. The predicted molar refractivity (Wildman–Crippen MR) is 81.7 cm³/mol. The molecule has 19 heavy (non-hydrogen) atoms. The second-order valence-corrected chi connectivity index (χ2v) is 5.48. The molecule has 3 N–H and O–H groups in total. The highest BCUT2D eigenvalue weighted by atomic mass is 35.5. The first-order valence-electron chi connectivity index (χ1n) is 6.68. The van der Waals surface area contributed by atoms with Crippen molar-refractivity contribution in [3.05, 3.63) is 29.3 Å². The molecule has 1 aliphatic carbocycles. The van der Waals surface area contributed by atoms with Crippen LogP contribution in [0.5, 0.6) is 0 Å². The van der Waals surface area contributed by atoms with Crippen LogP contribution in [0.25, 0.3) is 0 Å². The molecule has 1 saturated carbocycles. The molecule has 0 unspecified atom stereocenters. The van der Waals surface area contributed by atoms with Crippen LogP contribution >= 0.6 is 12.4 Å². The van der Waals surface area contributed by atoms with Gasteiger partial charge in [-0.1, -0.05) is 12.5 Å². The lowest BCUT2D eigenvalue weighted by atomic mass is 10.00. The maximum atomic E-state index is 12.0. The fraction of sp³-hybridized carbons (Fsp3) is 0.533. The van der Waals surface area contributed by atoms with E-state index in [4.69, 9.17) is 5.73 Å². The summed E-state index contributed by atoms with van der Waals surface area (Å²) in [6, 6.07) is 6.30. The lowest BCUT2D eigenvalue weighted by Gasteiger charge is -2.15. The van der Waals surface area contributed by atoms with Crippen molar-refractivity contribution in [2.45, 2.75) is 45.6 Å². The van der Waals surface area contributed by atoms with E-state index < -0.39 is 0 Å². The van der Waals surface area contributed by atoms with Crippen molar-refractivity contribution < 1.29 is 4.79 Å². The minimum Gasteiger partial charge on any atom is -0.327 e. The molecule has 1 fully saturated rings. The molecule has 0 heterocycles. The molecule has 2 atom stereocenters. The Balaban J connectivity index is 0.00000180. The topological polar surface area (TPSA) is 55.1 Å². The molecule has 0 radical (unpaired) electrons. The number of halogens is 1. The summed E-state index contributed by atoms with van der Waals surface area (Å²) in [7, 11) is 0. The van der Waals surface area contributed by atoms with Gasteiger partial charge in [0.2, 0.25) is 5.91 Å². The van der Waals surface area contributed by atoms with Crippen molar-refractivity contribution in [2.24, 2.45) is 11.7 Å². The second-order valence-electron chi connectivity index (χ2n) is 5.48. The van der Waals surface area contributed by atoms with Gasteiger partial charge in [-0.25, -0.2) is 0 Å². The van der Waals surface area contributed by atoms with Crippen LogP contribution in [-0.4, -0.2) is 11.9 Å². The molecule has 1 amide bonds. The summed E-state index contributed by atoms with van der Waals surface area (Å²) < 4.78 is 0. The first-order chi connectivity index (χ1) is 8.54. The molecule has 1 aromatic rings. The molecule has 3 nitrogen and oxygen atoms in total. The van der Waals surface area contributed by atoms with Gasteiger partial charge < -0.3 is 11.1 Å². The molecule has 0 aliphatic heterocycles. The van der Waals surface area contributed by atoms with E-state index in [-0.39, 0.29) is 24.4 Å². The third-order valence-electron chi connectivity index (χ3n) is 3.67. The Kier molecular flexibility index (Phi) is 5.83. The summed E-state index contributed by atoms with van der Waals surface area (Å²) in [5.74, 6) is 0.443. The maximum absolute atomic E-state index is 12.0. The average molecular weight is 283 g/mol. The summed E-state index contributed by atoms with van der Waals surface area (Å²) in [6.07, 6.45) is 3.85. The molecule has 4 heteroatoms. The van der Waals surface area contributed by atoms with E-state index >= 15 is 0 Å². The van der Waals surface area contributed by atoms with Gasteiger partial charge in [0.05, 0.1) is 0 Å². The Labute approximate surface area is 121 Å². The van der Waals surface area contributed by atoms with Crippen molar-refractivity contribution in [1.82, 2.24) is 0 Å². The largest absolute Gasteiger partial charge is 0.327 e.